The van der Waals surface area contributed by atoms with E-state index in [1.807, 2.05) is 11.0 Å². The summed E-state index contributed by atoms with van der Waals surface area (Å²) in [6, 6.07) is 12.0. The first-order chi connectivity index (χ1) is 38.0. The molecule has 3 saturated heterocycles. The van der Waals surface area contributed by atoms with E-state index in [0.717, 1.165) is 43.9 Å². The number of benzene rings is 3. The molecule has 0 radical (unpaired) electrons. The third kappa shape index (κ3) is 15.5. The summed E-state index contributed by atoms with van der Waals surface area (Å²) in [5, 5.41) is 12.0. The third-order valence-electron chi connectivity index (χ3n) is 13.7. The summed E-state index contributed by atoms with van der Waals surface area (Å²) in [6.07, 6.45) is 7.27. The molecule has 0 aliphatic carbocycles. The van der Waals surface area contributed by atoms with Gasteiger partial charge in [-0.1, -0.05) is 23.7 Å². The van der Waals surface area contributed by atoms with Gasteiger partial charge in [0.2, 0.25) is 23.6 Å². The molecule has 24 heteroatoms. The quantitative estimate of drug-likeness (QED) is 0.0353. The van der Waals surface area contributed by atoms with Crippen LogP contribution in [0.2, 0.25) is 5.02 Å². The molecule has 5 heterocycles. The monoisotopic (exact) mass is 1100 g/mol. The molecular formula is C54H66ClFN10O12. The fourth-order valence-corrected chi connectivity index (χ4v) is 9.85. The van der Waals surface area contributed by atoms with Gasteiger partial charge in [-0.3, -0.25) is 48.8 Å². The van der Waals surface area contributed by atoms with Gasteiger partial charge in [-0.25, -0.2) is 14.4 Å². The number of likely N-dealkylation sites (tertiary alicyclic amines) is 1. The molecule has 22 nitrogen and oxygen atoms in total. The van der Waals surface area contributed by atoms with Crippen molar-refractivity contribution in [2.45, 2.75) is 44.2 Å². The van der Waals surface area contributed by atoms with Crippen molar-refractivity contribution in [2.75, 3.05) is 141 Å². The number of anilines is 4. The summed E-state index contributed by atoms with van der Waals surface area (Å²) < 4.78 is 47.3. The molecule has 0 spiro atoms. The summed E-state index contributed by atoms with van der Waals surface area (Å²) in [6.45, 7) is 9.59. The largest absolute Gasteiger partial charge is 0.494 e. The molecule has 3 aromatic carbocycles. The SMILES string of the molecule is COc1cc2ncnc(Nc3ccc(F)c(Cl)c3)c2cc1NC(=O)/C=C/CN1CCC(N2CCN(C(=O)CCOCCOCCOCCOCCOCCNc3cccc4c3C(=O)N(C3CCC(=O)NC3=O)C4=O)CC2)CC1. The molecule has 0 bridgehead atoms. The first-order valence-corrected chi connectivity index (χ1v) is 26.6. The van der Waals surface area contributed by atoms with Gasteiger partial charge in [0.1, 0.15) is 29.8 Å². The molecule has 418 valence electrons. The Morgan fingerprint density at radius 3 is 2.17 bits per heavy atom. The van der Waals surface area contributed by atoms with Crippen molar-refractivity contribution in [1.82, 2.24) is 34.9 Å². The molecule has 6 amide bonds. The van der Waals surface area contributed by atoms with E-state index < -0.39 is 35.5 Å². The highest BCUT2D eigenvalue weighted by Gasteiger charge is 2.45. The smallest absolute Gasteiger partial charge is 0.264 e. The van der Waals surface area contributed by atoms with Crippen molar-refractivity contribution in [3.05, 3.63) is 89.0 Å². The molecule has 1 aromatic heterocycles. The fraction of sp³-hybridized carbons (Fsp3) is 0.481. The molecule has 78 heavy (non-hydrogen) atoms. The summed E-state index contributed by atoms with van der Waals surface area (Å²) >= 11 is 5.97. The van der Waals surface area contributed by atoms with E-state index in [1.54, 1.807) is 36.4 Å². The van der Waals surface area contributed by atoms with E-state index in [0.29, 0.717) is 144 Å². The Bertz CT molecular complexity index is 2790. The van der Waals surface area contributed by atoms with Crippen molar-refractivity contribution < 1.29 is 61.6 Å². The summed E-state index contributed by atoms with van der Waals surface area (Å²) in [5.41, 5.74) is 2.44. The van der Waals surface area contributed by atoms with Crippen LogP contribution in [-0.2, 0) is 42.9 Å². The number of carbonyl (C=O) groups is 6. The number of methoxy groups -OCH3 is 1. The van der Waals surface area contributed by atoms with E-state index in [9.17, 15) is 33.2 Å². The highest BCUT2D eigenvalue weighted by atomic mass is 35.5. The van der Waals surface area contributed by atoms with Crippen LogP contribution in [-0.4, -0.2) is 203 Å². The van der Waals surface area contributed by atoms with Crippen LogP contribution in [0.5, 0.6) is 5.75 Å². The first kappa shape index (κ1) is 57.5. The van der Waals surface area contributed by atoms with Gasteiger partial charge in [0, 0.05) is 80.6 Å². The zero-order chi connectivity index (χ0) is 54.8. The number of nitrogens with one attached hydrogen (secondary N) is 4. The van der Waals surface area contributed by atoms with Crippen LogP contribution in [0.3, 0.4) is 0 Å². The number of fused-ring (bicyclic) bond motifs is 2. The highest BCUT2D eigenvalue weighted by molar-refractivity contribution is 6.31. The van der Waals surface area contributed by atoms with Crippen LogP contribution in [0.15, 0.2) is 67.0 Å². The number of imide groups is 2. The zero-order valence-electron chi connectivity index (χ0n) is 43.6. The molecular weight excluding hydrogens is 1040 g/mol. The molecule has 4 aliphatic heterocycles. The lowest BCUT2D eigenvalue weighted by molar-refractivity contribution is -0.136. The first-order valence-electron chi connectivity index (χ1n) is 26.2. The Labute approximate surface area is 456 Å². The molecule has 4 aliphatic rings. The Hall–Kier alpha value is -6.70. The second-order valence-corrected chi connectivity index (χ2v) is 19.2. The fourth-order valence-electron chi connectivity index (χ4n) is 9.67. The number of hydrogen-bond donors (Lipinski definition) is 4. The van der Waals surface area contributed by atoms with E-state index in [-0.39, 0.29) is 40.8 Å². The molecule has 4 aromatic rings. The lowest BCUT2D eigenvalue weighted by atomic mass is 10.0. The van der Waals surface area contributed by atoms with Gasteiger partial charge in [-0.15, -0.1) is 0 Å². The van der Waals surface area contributed by atoms with Crippen LogP contribution >= 0.6 is 11.6 Å². The Kier molecular flexibility index (Phi) is 21.2. The maximum Gasteiger partial charge on any atom is 0.264 e. The average molecular weight is 1100 g/mol. The normalized spacial score (nSPS) is 17.5. The van der Waals surface area contributed by atoms with Gasteiger partial charge in [0.25, 0.3) is 11.8 Å². The number of halogens is 2. The van der Waals surface area contributed by atoms with Crippen molar-refractivity contribution in [3.8, 4) is 5.75 Å². The zero-order valence-corrected chi connectivity index (χ0v) is 44.4. The van der Waals surface area contributed by atoms with Gasteiger partial charge in [-0.05, 0) is 68.8 Å². The number of nitrogens with zero attached hydrogens (tertiary/aromatic N) is 6. The maximum atomic E-state index is 13.7. The standard InChI is InChI=1S/C54H66ClFN10O12/c1-73-46-34-43-39(51(59-35-58-43)60-36-7-8-41(56)40(55)32-36)33-44(46)61-47(67)6-3-15-63-16-11-37(12-17-63)64-18-20-65(21-19-64)49(69)13-22-74-24-26-76-28-30-78-31-29-77-27-25-75-23-14-57-42-5-2-4-38-50(42)54(72)66(53(38)71)45-9-10-48(68)62-52(45)70/h2-8,32-35,37,45,57H,9-31H2,1H3,(H,61,67)(H,58,59,60)(H,62,68,70)/b6-3+. The van der Waals surface area contributed by atoms with E-state index in [1.165, 1.54) is 31.6 Å². The van der Waals surface area contributed by atoms with Crippen molar-refractivity contribution in [2.24, 2.45) is 0 Å². The number of piperazine rings is 1. The van der Waals surface area contributed by atoms with Crippen molar-refractivity contribution >= 4 is 80.8 Å². The van der Waals surface area contributed by atoms with E-state index in [4.69, 9.17) is 40.0 Å². The van der Waals surface area contributed by atoms with E-state index in [2.05, 4.69) is 41.0 Å². The van der Waals surface area contributed by atoms with Gasteiger partial charge in [-0.2, -0.15) is 0 Å². The maximum absolute atomic E-state index is 13.7. The lowest BCUT2D eigenvalue weighted by Gasteiger charge is -2.42. The van der Waals surface area contributed by atoms with Gasteiger partial charge in [0.15, 0.2) is 0 Å². The summed E-state index contributed by atoms with van der Waals surface area (Å²) in [5.74, 6) is -2.07. The number of aromatic nitrogens is 2. The van der Waals surface area contributed by atoms with Crippen LogP contribution in [0.1, 0.15) is 52.8 Å². The second kappa shape index (κ2) is 28.8. The molecule has 8 rings (SSSR count). The number of ether oxygens (including phenoxy) is 6. The van der Waals surface area contributed by atoms with E-state index >= 15 is 0 Å². The minimum atomic E-state index is -1.03. The number of carbonyl (C=O) groups excluding carboxylic acids is 6. The second-order valence-electron chi connectivity index (χ2n) is 18.8. The van der Waals surface area contributed by atoms with Crippen LogP contribution in [0.4, 0.5) is 27.3 Å². The van der Waals surface area contributed by atoms with Gasteiger partial charge >= 0.3 is 0 Å². The summed E-state index contributed by atoms with van der Waals surface area (Å²) in [4.78, 5) is 92.6. The van der Waals surface area contributed by atoms with Crippen LogP contribution in [0, 0.1) is 5.82 Å². The Morgan fingerprint density at radius 1 is 0.795 bits per heavy atom. The predicted molar refractivity (Wildman–Crippen MR) is 286 cm³/mol. The number of amides is 6. The number of rotatable bonds is 28. The molecule has 1 atom stereocenters. The highest BCUT2D eigenvalue weighted by Crippen LogP contribution is 2.35. The minimum Gasteiger partial charge on any atom is -0.494 e. The van der Waals surface area contributed by atoms with Crippen molar-refractivity contribution in [3.63, 3.8) is 0 Å². The molecule has 3 fully saturated rings. The number of piperidine rings is 2. The molecule has 1 unspecified atom stereocenters. The van der Waals surface area contributed by atoms with Crippen molar-refractivity contribution in [1.29, 1.82) is 0 Å². The van der Waals surface area contributed by atoms with Crippen LogP contribution in [0.25, 0.3) is 10.9 Å². The van der Waals surface area contributed by atoms with Gasteiger partial charge in [0.05, 0.1) is 107 Å². The van der Waals surface area contributed by atoms with Gasteiger partial charge < -0.3 is 49.3 Å². The predicted octanol–water partition coefficient (Wildman–Crippen LogP) is 4.26. The Morgan fingerprint density at radius 2 is 1.49 bits per heavy atom. The molecule has 4 N–H and O–H groups in total. The summed E-state index contributed by atoms with van der Waals surface area (Å²) in [7, 11) is 1.52. The average Bonchev–Trinajstić information content (AvgIpc) is 3.96. The molecule has 0 saturated carbocycles. The minimum absolute atomic E-state index is 0.0247. The Balaban J connectivity index is 0.600. The van der Waals surface area contributed by atoms with Crippen LogP contribution < -0.4 is 26.0 Å². The lowest BCUT2D eigenvalue weighted by Crippen LogP contribution is -2.54. The third-order valence-corrected chi connectivity index (χ3v) is 14.0. The topological polar surface area (TPSA) is 245 Å². The number of hydrogen-bond acceptors (Lipinski definition) is 18.